The van der Waals surface area contributed by atoms with Gasteiger partial charge in [-0.3, -0.25) is 0 Å². The van der Waals surface area contributed by atoms with Gasteiger partial charge in [-0.1, -0.05) is 63.2 Å². The van der Waals surface area contributed by atoms with Gasteiger partial charge in [-0.05, 0) is 34.6 Å². The lowest BCUT2D eigenvalue weighted by atomic mass is 9.87. The Morgan fingerprint density at radius 2 is 1.62 bits per heavy atom. The van der Waals surface area contributed by atoms with Gasteiger partial charge in [0.25, 0.3) is 0 Å². The van der Waals surface area contributed by atoms with Crippen molar-refractivity contribution in [3.8, 4) is 11.1 Å². The number of hydrogen-bond acceptors (Lipinski definition) is 2. The van der Waals surface area contributed by atoms with Crippen LogP contribution in [-0.4, -0.2) is 13.1 Å². The SMILES string of the molecule is COC(=O)c1ccccc1-c1ccc(CC(C)(C)C)cc1. The second-order valence-electron chi connectivity index (χ2n) is 6.47. The predicted octanol–water partition coefficient (Wildman–Crippen LogP) is 4.73. The molecule has 110 valence electrons. The van der Waals surface area contributed by atoms with Gasteiger partial charge in [0, 0.05) is 0 Å². The molecule has 0 atom stereocenters. The van der Waals surface area contributed by atoms with E-state index in [9.17, 15) is 4.79 Å². The van der Waals surface area contributed by atoms with Crippen molar-refractivity contribution in [2.75, 3.05) is 7.11 Å². The van der Waals surface area contributed by atoms with Crippen molar-refractivity contribution in [3.63, 3.8) is 0 Å². The van der Waals surface area contributed by atoms with E-state index in [1.54, 1.807) is 6.07 Å². The summed E-state index contributed by atoms with van der Waals surface area (Å²) >= 11 is 0. The standard InChI is InChI=1S/C19H22O2/c1-19(2,3)13-14-9-11-15(12-10-14)16-7-5-6-8-17(16)18(20)21-4/h5-12H,13H2,1-4H3. The summed E-state index contributed by atoms with van der Waals surface area (Å²) in [5.74, 6) is -0.302. The molecule has 2 aromatic rings. The van der Waals surface area contributed by atoms with Crippen LogP contribution in [0.25, 0.3) is 11.1 Å². The molecule has 0 saturated carbocycles. The lowest BCUT2D eigenvalue weighted by Gasteiger charge is -2.18. The molecule has 0 unspecified atom stereocenters. The molecule has 0 N–H and O–H groups in total. The quantitative estimate of drug-likeness (QED) is 0.761. The highest BCUT2D eigenvalue weighted by molar-refractivity contribution is 5.97. The number of ether oxygens (including phenoxy) is 1. The molecule has 2 heteroatoms. The molecule has 0 aliphatic rings. The van der Waals surface area contributed by atoms with Crippen LogP contribution in [0, 0.1) is 5.41 Å². The summed E-state index contributed by atoms with van der Waals surface area (Å²) in [6, 6.07) is 15.9. The minimum absolute atomic E-state index is 0.269. The molecule has 0 aliphatic heterocycles. The van der Waals surface area contributed by atoms with Gasteiger partial charge in [0.05, 0.1) is 12.7 Å². The van der Waals surface area contributed by atoms with E-state index in [1.807, 2.05) is 18.2 Å². The third kappa shape index (κ3) is 3.94. The zero-order valence-corrected chi connectivity index (χ0v) is 13.1. The molecule has 0 aromatic heterocycles. The lowest BCUT2D eigenvalue weighted by Crippen LogP contribution is -2.09. The van der Waals surface area contributed by atoms with Crippen LogP contribution in [-0.2, 0) is 11.2 Å². The number of esters is 1. The molecule has 0 fully saturated rings. The first-order valence-corrected chi connectivity index (χ1v) is 7.17. The van der Waals surface area contributed by atoms with Gasteiger partial charge in [0.15, 0.2) is 0 Å². The second kappa shape index (κ2) is 6.13. The Morgan fingerprint density at radius 1 is 1.00 bits per heavy atom. The fourth-order valence-electron chi connectivity index (χ4n) is 2.44. The smallest absolute Gasteiger partial charge is 0.338 e. The molecule has 0 radical (unpaired) electrons. The first kappa shape index (κ1) is 15.3. The number of carbonyl (C=O) groups is 1. The maximum Gasteiger partial charge on any atom is 0.338 e. The van der Waals surface area contributed by atoms with Crippen LogP contribution >= 0.6 is 0 Å². The average molecular weight is 282 g/mol. The molecule has 0 aliphatic carbocycles. The van der Waals surface area contributed by atoms with Crippen molar-refractivity contribution in [3.05, 3.63) is 59.7 Å². The first-order chi connectivity index (χ1) is 9.90. The van der Waals surface area contributed by atoms with Gasteiger partial charge in [0.1, 0.15) is 0 Å². The van der Waals surface area contributed by atoms with Crippen LogP contribution < -0.4 is 0 Å². The second-order valence-corrected chi connectivity index (χ2v) is 6.47. The van der Waals surface area contributed by atoms with Gasteiger partial charge in [-0.25, -0.2) is 4.79 Å². The molecule has 2 aromatic carbocycles. The minimum atomic E-state index is -0.302. The topological polar surface area (TPSA) is 26.3 Å². The highest BCUT2D eigenvalue weighted by Crippen LogP contribution is 2.26. The zero-order chi connectivity index (χ0) is 15.5. The Labute approximate surface area is 126 Å². The van der Waals surface area contributed by atoms with Gasteiger partial charge in [0.2, 0.25) is 0 Å². The number of hydrogen-bond donors (Lipinski definition) is 0. The van der Waals surface area contributed by atoms with E-state index in [-0.39, 0.29) is 11.4 Å². The van der Waals surface area contributed by atoms with Crippen LogP contribution in [0.5, 0.6) is 0 Å². The predicted molar refractivity (Wildman–Crippen MR) is 86.4 cm³/mol. The zero-order valence-electron chi connectivity index (χ0n) is 13.1. The normalized spacial score (nSPS) is 11.2. The minimum Gasteiger partial charge on any atom is -0.465 e. The third-order valence-corrected chi connectivity index (χ3v) is 3.33. The molecule has 2 nitrogen and oxygen atoms in total. The van der Waals surface area contributed by atoms with Crippen molar-refractivity contribution < 1.29 is 9.53 Å². The van der Waals surface area contributed by atoms with Gasteiger partial charge in [-0.2, -0.15) is 0 Å². The van der Waals surface area contributed by atoms with Crippen LogP contribution in [0.15, 0.2) is 48.5 Å². The molecule has 2 rings (SSSR count). The number of methoxy groups -OCH3 is 1. The lowest BCUT2D eigenvalue weighted by molar-refractivity contribution is 0.0601. The first-order valence-electron chi connectivity index (χ1n) is 7.17. The largest absolute Gasteiger partial charge is 0.465 e. The number of carbonyl (C=O) groups excluding carboxylic acids is 1. The molecule has 0 spiro atoms. The molecule has 0 amide bonds. The Bertz CT molecular complexity index is 619. The fourth-order valence-corrected chi connectivity index (χ4v) is 2.44. The molecule has 0 bridgehead atoms. The Balaban J connectivity index is 2.33. The van der Waals surface area contributed by atoms with Crippen molar-refractivity contribution in [2.24, 2.45) is 5.41 Å². The van der Waals surface area contributed by atoms with Crippen molar-refractivity contribution in [1.29, 1.82) is 0 Å². The van der Waals surface area contributed by atoms with E-state index in [0.29, 0.717) is 5.56 Å². The van der Waals surface area contributed by atoms with Gasteiger partial charge < -0.3 is 4.74 Å². The van der Waals surface area contributed by atoms with Crippen molar-refractivity contribution in [1.82, 2.24) is 0 Å². The fraction of sp³-hybridized carbons (Fsp3) is 0.316. The monoisotopic (exact) mass is 282 g/mol. The summed E-state index contributed by atoms with van der Waals surface area (Å²) in [7, 11) is 1.41. The van der Waals surface area contributed by atoms with Crippen molar-refractivity contribution >= 4 is 5.97 Å². The van der Waals surface area contributed by atoms with Gasteiger partial charge in [-0.15, -0.1) is 0 Å². The highest BCUT2D eigenvalue weighted by atomic mass is 16.5. The van der Waals surface area contributed by atoms with E-state index in [2.05, 4.69) is 45.0 Å². The van der Waals surface area contributed by atoms with E-state index in [4.69, 9.17) is 4.74 Å². The molecular weight excluding hydrogens is 260 g/mol. The highest BCUT2D eigenvalue weighted by Gasteiger charge is 2.14. The van der Waals surface area contributed by atoms with E-state index >= 15 is 0 Å². The summed E-state index contributed by atoms with van der Waals surface area (Å²) in [6.07, 6.45) is 1.03. The average Bonchev–Trinajstić information content (AvgIpc) is 2.45. The number of benzene rings is 2. The molecular formula is C19H22O2. The molecule has 0 saturated heterocycles. The number of rotatable bonds is 3. The van der Waals surface area contributed by atoms with Crippen LogP contribution in [0.1, 0.15) is 36.7 Å². The van der Waals surface area contributed by atoms with Crippen LogP contribution in [0.2, 0.25) is 0 Å². The van der Waals surface area contributed by atoms with E-state index < -0.39 is 0 Å². The Morgan fingerprint density at radius 3 is 2.19 bits per heavy atom. The van der Waals surface area contributed by atoms with Gasteiger partial charge >= 0.3 is 5.97 Å². The van der Waals surface area contributed by atoms with Crippen molar-refractivity contribution in [2.45, 2.75) is 27.2 Å². The van der Waals surface area contributed by atoms with Crippen LogP contribution in [0.4, 0.5) is 0 Å². The summed E-state index contributed by atoms with van der Waals surface area (Å²) in [4.78, 5) is 11.8. The van der Waals surface area contributed by atoms with E-state index in [1.165, 1.54) is 12.7 Å². The molecule has 21 heavy (non-hydrogen) atoms. The van der Waals surface area contributed by atoms with E-state index in [0.717, 1.165) is 17.5 Å². The summed E-state index contributed by atoms with van der Waals surface area (Å²) < 4.78 is 4.85. The Kier molecular flexibility index (Phi) is 4.46. The molecule has 0 heterocycles. The maximum atomic E-state index is 11.8. The maximum absolute atomic E-state index is 11.8. The van der Waals surface area contributed by atoms with Crippen LogP contribution in [0.3, 0.4) is 0 Å². The summed E-state index contributed by atoms with van der Waals surface area (Å²) in [5, 5.41) is 0. The Hall–Kier alpha value is -2.09. The third-order valence-electron chi connectivity index (χ3n) is 3.33. The summed E-state index contributed by atoms with van der Waals surface area (Å²) in [5.41, 5.74) is 4.12. The summed E-state index contributed by atoms with van der Waals surface area (Å²) in [6.45, 7) is 6.69.